The molecule has 0 aliphatic heterocycles. The van der Waals surface area contributed by atoms with Crippen LogP contribution in [0.1, 0.15) is 38.7 Å². The van der Waals surface area contributed by atoms with Crippen molar-refractivity contribution in [2.24, 2.45) is 0 Å². The Morgan fingerprint density at radius 2 is 2.05 bits per heavy atom. The minimum Gasteiger partial charge on any atom is -0.493 e. The number of ether oxygens (including phenoxy) is 2. The summed E-state index contributed by atoms with van der Waals surface area (Å²) in [5, 5.41) is 10.0. The molecule has 0 aromatic heterocycles. The molecular formula is C15H19ClO4. The van der Waals surface area contributed by atoms with Crippen LogP contribution < -0.4 is 9.47 Å². The fraction of sp³-hybridized carbons (Fsp3) is 0.533. The highest BCUT2D eigenvalue weighted by Gasteiger charge is 2.49. The zero-order valence-electron chi connectivity index (χ0n) is 11.9. The van der Waals surface area contributed by atoms with Gasteiger partial charge in [0.2, 0.25) is 0 Å². The Hall–Kier alpha value is -1.42. The van der Waals surface area contributed by atoms with Gasteiger partial charge in [0.25, 0.3) is 0 Å². The number of halogens is 1. The van der Waals surface area contributed by atoms with Gasteiger partial charge in [-0.25, -0.2) is 0 Å². The van der Waals surface area contributed by atoms with E-state index >= 15 is 0 Å². The molecule has 1 saturated carbocycles. The maximum absolute atomic E-state index is 11.7. The summed E-state index contributed by atoms with van der Waals surface area (Å²) in [7, 11) is 1.54. The highest BCUT2D eigenvalue weighted by Crippen LogP contribution is 2.52. The average Bonchev–Trinajstić information content (AvgIpc) is 2.30. The van der Waals surface area contributed by atoms with Gasteiger partial charge in [-0.1, -0.05) is 18.0 Å². The normalized spacial score (nSPS) is 16.6. The molecule has 5 heteroatoms. The number of carboxylic acid groups (broad SMARTS) is 1. The van der Waals surface area contributed by atoms with Crippen molar-refractivity contribution in [2.45, 2.75) is 44.6 Å². The molecule has 1 aromatic carbocycles. The third-order valence-corrected chi connectivity index (χ3v) is 4.05. The van der Waals surface area contributed by atoms with Crippen LogP contribution in [-0.2, 0) is 10.2 Å². The van der Waals surface area contributed by atoms with Gasteiger partial charge in [-0.15, -0.1) is 0 Å². The van der Waals surface area contributed by atoms with Crippen molar-refractivity contribution in [2.75, 3.05) is 7.11 Å². The van der Waals surface area contributed by atoms with Crippen LogP contribution in [0.4, 0.5) is 0 Å². The lowest BCUT2D eigenvalue weighted by Crippen LogP contribution is -2.43. The summed E-state index contributed by atoms with van der Waals surface area (Å²) in [5.74, 6) is 0.121. The van der Waals surface area contributed by atoms with Crippen LogP contribution in [0.2, 0.25) is 5.02 Å². The quantitative estimate of drug-likeness (QED) is 0.901. The molecule has 0 spiro atoms. The van der Waals surface area contributed by atoms with Crippen LogP contribution in [-0.4, -0.2) is 24.3 Å². The third kappa shape index (κ3) is 2.33. The van der Waals surface area contributed by atoms with Crippen LogP contribution in [0, 0.1) is 0 Å². The Morgan fingerprint density at radius 3 is 2.45 bits per heavy atom. The minimum absolute atomic E-state index is 0.0907. The Labute approximate surface area is 123 Å². The summed E-state index contributed by atoms with van der Waals surface area (Å²) in [6.07, 6.45) is 1.93. The molecular weight excluding hydrogens is 280 g/mol. The monoisotopic (exact) mass is 298 g/mol. The molecule has 0 saturated heterocycles. The first kappa shape index (κ1) is 15.0. The van der Waals surface area contributed by atoms with Gasteiger partial charge in [-0.3, -0.25) is 4.79 Å². The van der Waals surface area contributed by atoms with E-state index in [0.717, 1.165) is 6.42 Å². The largest absolute Gasteiger partial charge is 0.493 e. The van der Waals surface area contributed by atoms with E-state index in [1.54, 1.807) is 12.1 Å². The molecule has 110 valence electrons. The van der Waals surface area contributed by atoms with Crippen LogP contribution in [0.5, 0.6) is 11.5 Å². The minimum atomic E-state index is -0.949. The van der Waals surface area contributed by atoms with Crippen molar-refractivity contribution in [3.05, 3.63) is 22.7 Å². The maximum Gasteiger partial charge on any atom is 0.314 e. The van der Waals surface area contributed by atoms with E-state index < -0.39 is 11.4 Å². The van der Waals surface area contributed by atoms with E-state index in [1.807, 2.05) is 13.8 Å². The fourth-order valence-corrected chi connectivity index (χ4v) is 2.93. The van der Waals surface area contributed by atoms with Gasteiger partial charge in [0, 0.05) is 10.6 Å². The number of rotatable bonds is 5. The molecule has 0 atom stereocenters. The zero-order valence-corrected chi connectivity index (χ0v) is 12.7. The maximum atomic E-state index is 11.7. The van der Waals surface area contributed by atoms with E-state index in [4.69, 9.17) is 21.1 Å². The van der Waals surface area contributed by atoms with Crippen molar-refractivity contribution in [1.29, 1.82) is 0 Å². The number of carboxylic acids is 1. The number of hydrogen-bond donors (Lipinski definition) is 1. The van der Waals surface area contributed by atoms with E-state index in [-0.39, 0.29) is 6.10 Å². The lowest BCUT2D eigenvalue weighted by atomic mass is 9.64. The molecule has 0 unspecified atom stereocenters. The van der Waals surface area contributed by atoms with Crippen LogP contribution in [0.15, 0.2) is 12.1 Å². The van der Waals surface area contributed by atoms with Gasteiger partial charge < -0.3 is 14.6 Å². The van der Waals surface area contributed by atoms with E-state index in [2.05, 4.69) is 0 Å². The van der Waals surface area contributed by atoms with Crippen molar-refractivity contribution in [3.63, 3.8) is 0 Å². The number of aliphatic carboxylic acids is 1. The molecule has 0 bridgehead atoms. The lowest BCUT2D eigenvalue weighted by molar-refractivity contribution is -0.147. The van der Waals surface area contributed by atoms with Gasteiger partial charge in [-0.2, -0.15) is 0 Å². The molecule has 20 heavy (non-hydrogen) atoms. The number of carbonyl (C=O) groups is 1. The first-order valence-corrected chi connectivity index (χ1v) is 7.07. The number of benzene rings is 1. The topological polar surface area (TPSA) is 55.8 Å². The predicted molar refractivity (Wildman–Crippen MR) is 76.9 cm³/mol. The van der Waals surface area contributed by atoms with Crippen LogP contribution in [0.25, 0.3) is 0 Å². The first-order chi connectivity index (χ1) is 9.42. The standard InChI is InChI=1S/C15H19ClO4/c1-9(2)20-13-11(19-3)6-5-10(16)12(13)15(14(17)18)7-4-8-15/h5-6,9H,4,7-8H2,1-3H3,(H,17,18). The molecule has 0 radical (unpaired) electrons. The second-order valence-corrected chi connectivity index (χ2v) is 5.77. The van der Waals surface area contributed by atoms with Gasteiger partial charge in [0.15, 0.2) is 11.5 Å². The molecule has 1 aliphatic carbocycles. The van der Waals surface area contributed by atoms with E-state index in [9.17, 15) is 9.90 Å². The van der Waals surface area contributed by atoms with Gasteiger partial charge in [0.1, 0.15) is 0 Å². The molecule has 0 heterocycles. The Kier molecular flexibility index (Phi) is 4.14. The number of methoxy groups -OCH3 is 1. The summed E-state index contributed by atoms with van der Waals surface area (Å²) >= 11 is 6.28. The Morgan fingerprint density at radius 1 is 1.40 bits per heavy atom. The number of hydrogen-bond acceptors (Lipinski definition) is 3. The predicted octanol–water partition coefficient (Wildman–Crippen LogP) is 3.64. The molecule has 0 amide bonds. The molecule has 1 aliphatic rings. The highest BCUT2D eigenvalue weighted by atomic mass is 35.5. The van der Waals surface area contributed by atoms with Crippen molar-refractivity contribution < 1.29 is 19.4 Å². The smallest absolute Gasteiger partial charge is 0.314 e. The SMILES string of the molecule is COc1ccc(Cl)c(C2(C(=O)O)CCC2)c1OC(C)C. The average molecular weight is 299 g/mol. The molecule has 1 fully saturated rings. The van der Waals surface area contributed by atoms with Crippen LogP contribution >= 0.6 is 11.6 Å². The highest BCUT2D eigenvalue weighted by molar-refractivity contribution is 6.32. The van der Waals surface area contributed by atoms with Gasteiger partial charge in [0.05, 0.1) is 18.6 Å². The van der Waals surface area contributed by atoms with Gasteiger partial charge >= 0.3 is 5.97 Å². The third-order valence-electron chi connectivity index (χ3n) is 3.74. The second kappa shape index (κ2) is 5.52. The lowest BCUT2D eigenvalue weighted by Gasteiger charge is -2.40. The van der Waals surface area contributed by atoms with Crippen molar-refractivity contribution in [1.82, 2.24) is 0 Å². The zero-order chi connectivity index (χ0) is 14.9. The molecule has 1 aromatic rings. The van der Waals surface area contributed by atoms with E-state index in [0.29, 0.717) is 34.9 Å². The summed E-state index contributed by atoms with van der Waals surface area (Å²) in [5.41, 5.74) is -0.401. The first-order valence-electron chi connectivity index (χ1n) is 6.69. The summed E-state index contributed by atoms with van der Waals surface area (Å²) < 4.78 is 11.1. The summed E-state index contributed by atoms with van der Waals surface area (Å²) in [4.78, 5) is 11.7. The Balaban J connectivity index is 2.63. The molecule has 2 rings (SSSR count). The van der Waals surface area contributed by atoms with Gasteiger partial charge in [-0.05, 0) is 38.8 Å². The van der Waals surface area contributed by atoms with Crippen LogP contribution in [0.3, 0.4) is 0 Å². The van der Waals surface area contributed by atoms with Crippen molar-refractivity contribution in [3.8, 4) is 11.5 Å². The van der Waals surface area contributed by atoms with Crippen molar-refractivity contribution >= 4 is 17.6 Å². The molecule has 1 N–H and O–H groups in total. The van der Waals surface area contributed by atoms with E-state index in [1.165, 1.54) is 7.11 Å². The summed E-state index contributed by atoms with van der Waals surface area (Å²) in [6, 6.07) is 3.38. The summed E-state index contributed by atoms with van der Waals surface area (Å²) in [6.45, 7) is 3.77. The molecule has 4 nitrogen and oxygen atoms in total. The second-order valence-electron chi connectivity index (χ2n) is 5.36. The Bertz CT molecular complexity index is 521. The fourth-order valence-electron chi connectivity index (χ4n) is 2.60.